The van der Waals surface area contributed by atoms with Crippen molar-refractivity contribution in [2.24, 2.45) is 0 Å². The molecule has 3 heterocycles. The van der Waals surface area contributed by atoms with Crippen LogP contribution in [0.5, 0.6) is 0 Å². The first-order valence-electron chi connectivity index (χ1n) is 9.84. The zero-order valence-electron chi connectivity index (χ0n) is 16.6. The van der Waals surface area contributed by atoms with Crippen molar-refractivity contribution in [3.63, 3.8) is 0 Å². The third-order valence-electron chi connectivity index (χ3n) is 5.92. The number of carboxylic acid groups (broad SMARTS) is 1. The first kappa shape index (κ1) is 20.1. The van der Waals surface area contributed by atoms with E-state index >= 15 is 0 Å². The summed E-state index contributed by atoms with van der Waals surface area (Å²) in [7, 11) is 0. The van der Waals surface area contributed by atoms with Gasteiger partial charge in [-0.1, -0.05) is 35.9 Å². The average molecular weight is 450 g/mol. The maximum atomic E-state index is 13.6. The molecule has 0 saturated carbocycles. The summed E-state index contributed by atoms with van der Waals surface area (Å²) in [5.74, 6) is -3.19. The Bertz CT molecular complexity index is 1340. The third-order valence-corrected chi connectivity index (χ3v) is 6.15. The fraction of sp³-hybridized carbons (Fsp3) is 0.174. The van der Waals surface area contributed by atoms with E-state index in [2.05, 4.69) is 4.98 Å². The molecule has 0 aliphatic carbocycles. The van der Waals surface area contributed by atoms with Gasteiger partial charge in [0.25, 0.3) is 0 Å². The molecule has 2 aromatic carbocycles. The molecule has 1 spiro atoms. The summed E-state index contributed by atoms with van der Waals surface area (Å²) in [6.45, 7) is -0.713. The Hall–Kier alpha value is -3.78. The normalized spacial score (nSPS) is 20.0. The van der Waals surface area contributed by atoms with Gasteiger partial charge in [-0.2, -0.15) is 0 Å². The van der Waals surface area contributed by atoms with Crippen LogP contribution in [0.25, 0.3) is 10.9 Å². The quantitative estimate of drug-likeness (QED) is 0.484. The van der Waals surface area contributed by atoms with Crippen molar-refractivity contribution >= 4 is 51.9 Å². The summed E-state index contributed by atoms with van der Waals surface area (Å²) in [5.41, 5.74) is -0.0665. The minimum atomic E-state index is -1.82. The summed E-state index contributed by atoms with van der Waals surface area (Å²) < 4.78 is 0. The fourth-order valence-electron chi connectivity index (χ4n) is 4.47. The van der Waals surface area contributed by atoms with Gasteiger partial charge >= 0.3 is 5.97 Å². The van der Waals surface area contributed by atoms with Crippen molar-refractivity contribution < 1.29 is 24.3 Å². The summed E-state index contributed by atoms with van der Waals surface area (Å²) >= 11 is 6.13. The van der Waals surface area contributed by atoms with Crippen LogP contribution in [0, 0.1) is 0 Å². The van der Waals surface area contributed by atoms with Crippen molar-refractivity contribution in [2.75, 3.05) is 11.4 Å². The van der Waals surface area contributed by atoms with Gasteiger partial charge in [-0.25, -0.2) is 0 Å². The number of likely N-dealkylation sites (tertiary alicyclic amines) is 1. The first-order valence-corrected chi connectivity index (χ1v) is 10.2. The lowest BCUT2D eigenvalue weighted by Gasteiger charge is -2.21. The fourth-order valence-corrected chi connectivity index (χ4v) is 4.64. The van der Waals surface area contributed by atoms with Gasteiger partial charge < -0.3 is 5.11 Å². The molecule has 0 radical (unpaired) electrons. The van der Waals surface area contributed by atoms with Gasteiger partial charge in [0.2, 0.25) is 17.7 Å². The van der Waals surface area contributed by atoms with Crippen molar-refractivity contribution in [1.82, 2.24) is 9.88 Å². The number of anilines is 1. The Morgan fingerprint density at radius 1 is 1.03 bits per heavy atom. The van der Waals surface area contributed by atoms with Crippen molar-refractivity contribution in [3.05, 3.63) is 70.9 Å². The summed E-state index contributed by atoms with van der Waals surface area (Å²) in [6, 6.07) is 15.5. The lowest BCUT2D eigenvalue weighted by molar-refractivity contribution is -0.143. The van der Waals surface area contributed by atoms with E-state index in [9.17, 15) is 24.3 Å². The monoisotopic (exact) mass is 449 g/mol. The number of carbonyl (C=O) groups is 4. The molecule has 8 nitrogen and oxygen atoms in total. The minimum Gasteiger partial charge on any atom is -0.480 e. The molecule has 1 unspecified atom stereocenters. The summed E-state index contributed by atoms with van der Waals surface area (Å²) in [6.07, 6.45) is -0.387. The number of amides is 3. The highest BCUT2D eigenvalue weighted by atomic mass is 35.5. The van der Waals surface area contributed by atoms with Crippen LogP contribution < -0.4 is 4.90 Å². The number of nitrogens with zero attached hydrogens (tertiary/aromatic N) is 3. The Morgan fingerprint density at radius 2 is 1.78 bits per heavy atom. The predicted octanol–water partition coefficient (Wildman–Crippen LogP) is 2.52. The number of carboxylic acids is 1. The Balaban J connectivity index is 1.55. The Labute approximate surface area is 187 Å². The first-order chi connectivity index (χ1) is 15.3. The van der Waals surface area contributed by atoms with Crippen LogP contribution in [0.15, 0.2) is 54.6 Å². The minimum absolute atomic E-state index is 0.0909. The van der Waals surface area contributed by atoms with Crippen LogP contribution >= 0.6 is 11.6 Å². The van der Waals surface area contributed by atoms with Crippen LogP contribution in [0.1, 0.15) is 17.7 Å². The molecular formula is C23H16ClN3O5. The van der Waals surface area contributed by atoms with Crippen LogP contribution in [0.3, 0.4) is 0 Å². The number of hydrogen-bond acceptors (Lipinski definition) is 5. The number of imide groups is 1. The van der Waals surface area contributed by atoms with Gasteiger partial charge in [-0.15, -0.1) is 0 Å². The number of benzene rings is 2. The third kappa shape index (κ3) is 2.87. The highest BCUT2D eigenvalue weighted by Crippen LogP contribution is 2.49. The smallest absolute Gasteiger partial charge is 0.323 e. The zero-order valence-corrected chi connectivity index (χ0v) is 17.4. The van der Waals surface area contributed by atoms with Crippen LogP contribution in [0.4, 0.5) is 5.69 Å². The molecule has 5 rings (SSSR count). The average Bonchev–Trinajstić information content (AvgIpc) is 3.14. The summed E-state index contributed by atoms with van der Waals surface area (Å²) in [5, 5.41) is 10.5. The van der Waals surface area contributed by atoms with E-state index < -0.39 is 35.7 Å². The van der Waals surface area contributed by atoms with Gasteiger partial charge in [-0.05, 0) is 30.3 Å². The van der Waals surface area contributed by atoms with Crippen molar-refractivity contribution in [2.45, 2.75) is 18.4 Å². The lowest BCUT2D eigenvalue weighted by Crippen LogP contribution is -2.47. The molecule has 32 heavy (non-hydrogen) atoms. The van der Waals surface area contributed by atoms with Crippen molar-refractivity contribution in [1.29, 1.82) is 0 Å². The molecule has 1 N–H and O–H groups in total. The molecule has 3 aromatic rings. The molecule has 1 fully saturated rings. The number of hydrogen-bond donors (Lipinski definition) is 1. The van der Waals surface area contributed by atoms with E-state index in [1.165, 1.54) is 18.2 Å². The number of para-hydroxylation sites is 1. The van der Waals surface area contributed by atoms with Crippen LogP contribution in [-0.2, 0) is 31.1 Å². The molecule has 1 aromatic heterocycles. The second-order valence-corrected chi connectivity index (χ2v) is 8.25. The number of rotatable bonds is 4. The maximum absolute atomic E-state index is 13.6. The second-order valence-electron chi connectivity index (χ2n) is 7.81. The van der Waals surface area contributed by atoms with E-state index in [-0.39, 0.29) is 29.2 Å². The van der Waals surface area contributed by atoms with Crippen molar-refractivity contribution in [3.8, 4) is 0 Å². The van der Waals surface area contributed by atoms with E-state index in [0.29, 0.717) is 5.69 Å². The molecule has 1 atom stereocenters. The highest BCUT2D eigenvalue weighted by Gasteiger charge is 2.64. The van der Waals surface area contributed by atoms with Gasteiger partial charge in [0.15, 0.2) is 5.41 Å². The number of fused-ring (bicyclic) bond motifs is 3. The van der Waals surface area contributed by atoms with Crippen LogP contribution in [-0.4, -0.2) is 45.2 Å². The highest BCUT2D eigenvalue weighted by molar-refractivity contribution is 6.32. The SMILES string of the molecule is O=C(O)CN1C(=O)C2(CC(=O)N(Cc3ccc4ccccc4n3)C2=O)c2cc(Cl)ccc21. The van der Waals surface area contributed by atoms with E-state index in [4.69, 9.17) is 11.6 Å². The Kier molecular flexibility index (Phi) is 4.49. The number of aromatic nitrogens is 1. The summed E-state index contributed by atoms with van der Waals surface area (Å²) in [4.78, 5) is 57.8. The number of carbonyl (C=O) groups excluding carboxylic acids is 3. The number of pyridine rings is 1. The topological polar surface area (TPSA) is 108 Å². The Morgan fingerprint density at radius 3 is 2.56 bits per heavy atom. The molecular weight excluding hydrogens is 434 g/mol. The molecule has 2 aliphatic heterocycles. The van der Waals surface area contributed by atoms with Gasteiger partial charge in [-0.3, -0.25) is 34.0 Å². The largest absolute Gasteiger partial charge is 0.480 e. The lowest BCUT2D eigenvalue weighted by atomic mass is 9.80. The van der Waals surface area contributed by atoms with Gasteiger partial charge in [0.05, 0.1) is 24.2 Å². The molecule has 2 aliphatic rings. The van der Waals surface area contributed by atoms with Gasteiger partial charge in [0, 0.05) is 21.7 Å². The van der Waals surface area contributed by atoms with E-state index in [1.807, 2.05) is 30.3 Å². The van der Waals surface area contributed by atoms with E-state index in [0.717, 1.165) is 20.7 Å². The number of halogens is 1. The molecule has 1 saturated heterocycles. The predicted molar refractivity (Wildman–Crippen MR) is 115 cm³/mol. The van der Waals surface area contributed by atoms with Gasteiger partial charge in [0.1, 0.15) is 6.54 Å². The second kappa shape index (κ2) is 7.13. The standard InChI is InChI=1S/C23H16ClN3O5/c24-14-6-8-18-16(9-14)23(21(31)26(18)12-20(29)30)10-19(28)27(22(23)32)11-15-7-5-13-3-1-2-4-17(13)25-15/h1-9H,10-12H2,(H,29,30). The van der Waals surface area contributed by atoms with E-state index in [1.54, 1.807) is 6.07 Å². The molecule has 3 amide bonds. The molecule has 160 valence electrons. The number of aliphatic carboxylic acids is 1. The van der Waals surface area contributed by atoms with Crippen LogP contribution in [0.2, 0.25) is 5.02 Å². The zero-order chi connectivity index (χ0) is 22.6. The molecule has 0 bridgehead atoms. The molecule has 9 heteroatoms. The maximum Gasteiger partial charge on any atom is 0.323 e.